The van der Waals surface area contributed by atoms with Crippen molar-refractivity contribution in [2.45, 2.75) is 52.3 Å². The van der Waals surface area contributed by atoms with Crippen molar-refractivity contribution in [3.05, 3.63) is 66.2 Å². The highest BCUT2D eigenvalue weighted by Crippen LogP contribution is 2.21. The second kappa shape index (κ2) is 8.79. The minimum absolute atomic E-state index is 0.0268. The van der Waals surface area contributed by atoms with Crippen LogP contribution in [0.2, 0.25) is 13.1 Å². The van der Waals surface area contributed by atoms with Gasteiger partial charge in [0.25, 0.3) is 9.76 Å². The van der Waals surface area contributed by atoms with E-state index < -0.39 is 8.80 Å². The summed E-state index contributed by atoms with van der Waals surface area (Å²) in [6, 6.07) is 17.5. The molecular weight excluding hydrogens is 336 g/mol. The lowest BCUT2D eigenvalue weighted by Crippen LogP contribution is -2.33. The first kappa shape index (κ1) is 19.9. The van der Waals surface area contributed by atoms with Gasteiger partial charge in [-0.25, -0.2) is 0 Å². The van der Waals surface area contributed by atoms with Gasteiger partial charge in [0.15, 0.2) is 0 Å². The molecule has 0 bridgehead atoms. The number of hydrogen-bond acceptors (Lipinski definition) is 1. The Balaban J connectivity index is 2.13. The molecule has 1 nitrogen and oxygen atoms in total. The van der Waals surface area contributed by atoms with E-state index in [1.165, 1.54) is 21.5 Å². The van der Waals surface area contributed by atoms with Gasteiger partial charge in [0.1, 0.15) is 0 Å². The quantitative estimate of drug-likeness (QED) is 0.624. The van der Waals surface area contributed by atoms with Crippen LogP contribution in [-0.4, -0.2) is 24.2 Å². The maximum Gasteiger partial charge on any atom is 0.269 e. The molecule has 2 aromatic carbocycles. The second-order valence-corrected chi connectivity index (χ2v) is 10.6. The van der Waals surface area contributed by atoms with Crippen LogP contribution in [0.5, 0.6) is 0 Å². The van der Waals surface area contributed by atoms with Crippen molar-refractivity contribution in [2.75, 3.05) is 0 Å². The van der Waals surface area contributed by atoms with Gasteiger partial charge in [-0.15, -0.1) is 0 Å². The molecule has 3 radical (unpaired) electrons. The van der Waals surface area contributed by atoms with Gasteiger partial charge < -0.3 is 4.43 Å². The molecule has 0 aliphatic carbocycles. The molecule has 0 heterocycles. The first-order chi connectivity index (χ1) is 11.9. The van der Waals surface area contributed by atoms with E-state index in [1.54, 1.807) is 0 Å². The third-order valence-electron chi connectivity index (χ3n) is 4.93. The fourth-order valence-electron chi connectivity index (χ4n) is 2.52. The lowest BCUT2D eigenvalue weighted by Gasteiger charge is -2.27. The molecule has 0 spiro atoms. The Morgan fingerprint density at radius 1 is 1.04 bits per heavy atom. The zero-order chi connectivity index (χ0) is 18.4. The molecular formula is C22H29OSi2. The van der Waals surface area contributed by atoms with Crippen LogP contribution in [0.1, 0.15) is 44.7 Å². The van der Waals surface area contributed by atoms with Gasteiger partial charge in [0.2, 0.25) is 0 Å². The zero-order valence-electron chi connectivity index (χ0n) is 16.1. The van der Waals surface area contributed by atoms with Crippen molar-refractivity contribution < 1.29 is 4.43 Å². The third kappa shape index (κ3) is 5.27. The Bertz CT molecular complexity index is 700. The van der Waals surface area contributed by atoms with Crippen molar-refractivity contribution in [3.8, 4) is 0 Å². The summed E-state index contributed by atoms with van der Waals surface area (Å²) in [5, 5.41) is 2.69. The summed E-state index contributed by atoms with van der Waals surface area (Å²) in [5.41, 5.74) is 3.42. The molecule has 25 heavy (non-hydrogen) atoms. The second-order valence-electron chi connectivity index (χ2n) is 7.00. The molecule has 3 heteroatoms. The predicted octanol–water partition coefficient (Wildman–Crippen LogP) is 4.55. The van der Waals surface area contributed by atoms with E-state index in [0.29, 0.717) is 9.76 Å². The number of hydrogen-bond donors (Lipinski definition) is 0. The van der Waals surface area contributed by atoms with Crippen molar-refractivity contribution in [1.82, 2.24) is 0 Å². The van der Waals surface area contributed by atoms with Gasteiger partial charge in [-0.2, -0.15) is 0 Å². The van der Waals surface area contributed by atoms with Crippen LogP contribution >= 0.6 is 0 Å². The molecule has 2 aromatic rings. The summed E-state index contributed by atoms with van der Waals surface area (Å²) in [6.45, 7) is 15.5. The van der Waals surface area contributed by atoms with Crippen LogP contribution in [0.4, 0.5) is 0 Å². The first-order valence-electron chi connectivity index (χ1n) is 9.03. The highest BCUT2D eigenvalue weighted by molar-refractivity contribution is 6.70. The molecule has 0 aromatic heterocycles. The van der Waals surface area contributed by atoms with Crippen LogP contribution in [0, 0.1) is 0 Å². The molecule has 0 unspecified atom stereocenters. The lowest BCUT2D eigenvalue weighted by atomic mass is 10.00. The minimum atomic E-state index is -0.396. The third-order valence-corrected chi connectivity index (χ3v) is 7.56. The van der Waals surface area contributed by atoms with Gasteiger partial charge in [-0.1, -0.05) is 87.2 Å². The van der Waals surface area contributed by atoms with Crippen molar-refractivity contribution in [1.29, 1.82) is 0 Å². The van der Waals surface area contributed by atoms with E-state index in [1.807, 2.05) is 0 Å². The Labute approximate surface area is 157 Å². The topological polar surface area (TPSA) is 9.23 Å². The summed E-state index contributed by atoms with van der Waals surface area (Å²) >= 11 is 0. The lowest BCUT2D eigenvalue weighted by molar-refractivity contribution is 0.0882. The average molecular weight is 366 g/mol. The Kier molecular flexibility index (Phi) is 6.99. The van der Waals surface area contributed by atoms with Crippen LogP contribution < -0.4 is 10.4 Å². The number of benzene rings is 2. The molecule has 0 aliphatic rings. The molecule has 0 amide bonds. The van der Waals surface area contributed by atoms with Gasteiger partial charge in [-0.05, 0) is 41.7 Å². The zero-order valence-corrected chi connectivity index (χ0v) is 18.1. The van der Waals surface area contributed by atoms with Gasteiger partial charge in [-0.3, -0.25) is 0 Å². The summed E-state index contributed by atoms with van der Waals surface area (Å²) in [6.07, 6.45) is 2.07. The smallest absolute Gasteiger partial charge is 0.269 e. The summed E-state index contributed by atoms with van der Waals surface area (Å²) < 4.78 is 6.20. The van der Waals surface area contributed by atoms with Gasteiger partial charge in [0, 0.05) is 0 Å². The molecule has 2 rings (SSSR count). The van der Waals surface area contributed by atoms with E-state index in [-0.39, 0.29) is 5.60 Å². The van der Waals surface area contributed by atoms with Gasteiger partial charge >= 0.3 is 0 Å². The summed E-state index contributed by atoms with van der Waals surface area (Å²) in [7, 11) is -0.0221. The molecule has 0 N–H and O–H groups in total. The predicted molar refractivity (Wildman–Crippen MR) is 114 cm³/mol. The first-order valence-corrected chi connectivity index (χ1v) is 12.4. The maximum atomic E-state index is 6.20. The van der Waals surface area contributed by atoms with E-state index >= 15 is 0 Å². The van der Waals surface area contributed by atoms with Crippen molar-refractivity contribution in [3.63, 3.8) is 0 Å². The van der Waals surface area contributed by atoms with E-state index in [0.717, 1.165) is 18.4 Å². The van der Waals surface area contributed by atoms with E-state index in [9.17, 15) is 0 Å². The van der Waals surface area contributed by atoms with Crippen molar-refractivity contribution >= 4 is 34.5 Å². The van der Waals surface area contributed by atoms with Gasteiger partial charge in [0.05, 0.1) is 14.4 Å². The molecule has 0 fully saturated rings. The highest BCUT2D eigenvalue weighted by atomic mass is 28.3. The molecule has 0 aliphatic heterocycles. The Morgan fingerprint density at radius 3 is 2.24 bits per heavy atom. The minimum Gasteiger partial charge on any atom is -0.406 e. The maximum absolute atomic E-state index is 6.20. The monoisotopic (exact) mass is 365 g/mol. The highest BCUT2D eigenvalue weighted by Gasteiger charge is 2.20. The standard InChI is InChI=1S/C22H29OSi2/c1-7-22(4,8-2)23-24-20-11-9-10-19(16-20)17(3)18-12-14-21(15-13-18)25(5)6/h9-16H,3,7-8H2,1-2,4-6H3. The normalized spacial score (nSPS) is 11.8. The SMILES string of the molecule is C=C(c1ccc([Si](C)C)cc1)c1cccc([Si]OC(C)(CC)CC)c1. The van der Waals surface area contributed by atoms with Crippen LogP contribution in [0.15, 0.2) is 55.1 Å². The van der Waals surface area contributed by atoms with Crippen LogP contribution in [0.25, 0.3) is 5.57 Å². The largest absolute Gasteiger partial charge is 0.406 e. The Morgan fingerprint density at radius 2 is 1.68 bits per heavy atom. The average Bonchev–Trinajstić information content (AvgIpc) is 2.66. The summed E-state index contributed by atoms with van der Waals surface area (Å²) in [5.74, 6) is 0. The molecule has 0 saturated carbocycles. The van der Waals surface area contributed by atoms with Crippen LogP contribution in [0.3, 0.4) is 0 Å². The van der Waals surface area contributed by atoms with Crippen LogP contribution in [-0.2, 0) is 4.43 Å². The fourth-order valence-corrected chi connectivity index (χ4v) is 4.38. The molecule has 0 saturated heterocycles. The van der Waals surface area contributed by atoms with Crippen molar-refractivity contribution in [2.24, 2.45) is 0 Å². The van der Waals surface area contributed by atoms with E-state index in [4.69, 9.17) is 4.43 Å². The number of rotatable bonds is 8. The Hall–Kier alpha value is -1.43. The fraction of sp³-hybridized carbons (Fsp3) is 0.364. The van der Waals surface area contributed by atoms with E-state index in [2.05, 4.69) is 89.0 Å². The molecule has 0 atom stereocenters. The summed E-state index contributed by atoms with van der Waals surface area (Å²) in [4.78, 5) is 0. The molecule has 131 valence electrons.